The fourth-order valence-corrected chi connectivity index (χ4v) is 7.06. The zero-order chi connectivity index (χ0) is 37.1. The third-order valence-corrected chi connectivity index (χ3v) is 10.4. The van der Waals surface area contributed by atoms with Crippen LogP contribution in [0, 0.1) is 17.8 Å². The van der Waals surface area contributed by atoms with Crippen LogP contribution < -0.4 is 16.4 Å². The molecule has 0 radical (unpaired) electrons. The van der Waals surface area contributed by atoms with Gasteiger partial charge in [-0.25, -0.2) is 0 Å². The Balaban J connectivity index is 2.23. The van der Waals surface area contributed by atoms with Crippen LogP contribution in [0.3, 0.4) is 0 Å². The molecule has 8 atom stereocenters. The summed E-state index contributed by atoms with van der Waals surface area (Å²) in [5.74, 6) is -1.15. The minimum atomic E-state index is -1.14. The third kappa shape index (κ3) is 11.7. The molecule has 1 aromatic carbocycles. The fraction of sp³-hybridized carbons (Fsp3) is 0.730. The summed E-state index contributed by atoms with van der Waals surface area (Å²) in [6.45, 7) is 13.6. The Kier molecular flexibility index (Phi) is 17.1. The van der Waals surface area contributed by atoms with E-state index in [1.807, 2.05) is 69.9 Å². The highest BCUT2D eigenvalue weighted by Crippen LogP contribution is 2.30. The minimum absolute atomic E-state index is 0.00101. The molecule has 8 unspecified atom stereocenters. The normalized spacial score (nSPS) is 19.4. The van der Waals surface area contributed by atoms with Crippen molar-refractivity contribution in [3.05, 3.63) is 35.9 Å². The molecule has 0 aromatic heterocycles. The van der Waals surface area contributed by atoms with Crippen LogP contribution in [-0.2, 0) is 30.3 Å². The molecule has 3 amide bonds. The van der Waals surface area contributed by atoms with Crippen LogP contribution in [0.5, 0.6) is 0 Å². The number of methoxy groups -OCH3 is 2. The topological polar surface area (TPSA) is 146 Å². The van der Waals surface area contributed by atoms with Gasteiger partial charge < -0.3 is 40.7 Å². The Hall–Kier alpha value is -2.64. The van der Waals surface area contributed by atoms with E-state index in [4.69, 9.17) is 27.4 Å². The third-order valence-electron chi connectivity index (χ3n) is 9.95. The number of carbonyl (C=O) groups is 3. The van der Waals surface area contributed by atoms with Crippen molar-refractivity contribution in [1.29, 1.82) is 0 Å². The lowest BCUT2D eigenvalue weighted by atomic mass is 9.89. The van der Waals surface area contributed by atoms with Crippen molar-refractivity contribution in [3.63, 3.8) is 0 Å². The summed E-state index contributed by atoms with van der Waals surface area (Å²) in [5, 5.41) is 16.3. The number of hydrogen-bond donors (Lipinski definition) is 4. The smallest absolute Gasteiger partial charge is 0.245 e. The predicted molar refractivity (Wildman–Crippen MR) is 198 cm³/mol. The molecule has 278 valence electrons. The van der Waals surface area contributed by atoms with E-state index in [1.54, 1.807) is 40.0 Å². The first kappa shape index (κ1) is 42.5. The molecule has 1 aliphatic rings. The lowest BCUT2D eigenvalue weighted by molar-refractivity contribution is -0.147. The van der Waals surface area contributed by atoms with Crippen molar-refractivity contribution in [3.8, 4) is 0 Å². The van der Waals surface area contributed by atoms with Gasteiger partial charge in [0.05, 0.1) is 53.9 Å². The molecular formula is C37H63N5O6S. The maximum absolute atomic E-state index is 14.1. The van der Waals surface area contributed by atoms with Crippen LogP contribution in [0.2, 0.25) is 0 Å². The van der Waals surface area contributed by atoms with Crippen LogP contribution >= 0.6 is 12.2 Å². The van der Waals surface area contributed by atoms with Gasteiger partial charge in [0, 0.05) is 33.7 Å². The predicted octanol–water partition coefficient (Wildman–Crippen LogP) is 3.31. The van der Waals surface area contributed by atoms with Crippen LogP contribution in [0.15, 0.2) is 30.3 Å². The first-order chi connectivity index (χ1) is 23.0. The van der Waals surface area contributed by atoms with Gasteiger partial charge in [-0.2, -0.15) is 0 Å². The summed E-state index contributed by atoms with van der Waals surface area (Å²) in [6.07, 6.45) is 2.10. The quantitative estimate of drug-likeness (QED) is 0.159. The Morgan fingerprint density at radius 3 is 2.24 bits per heavy atom. The Labute approximate surface area is 300 Å². The zero-order valence-corrected chi connectivity index (χ0v) is 32.2. The second kappa shape index (κ2) is 19.7. The molecule has 12 heteroatoms. The Bertz CT molecular complexity index is 1210. The van der Waals surface area contributed by atoms with E-state index in [9.17, 15) is 19.5 Å². The van der Waals surface area contributed by atoms with Gasteiger partial charge in [-0.1, -0.05) is 83.6 Å². The molecule has 5 N–H and O–H groups in total. The highest BCUT2D eigenvalue weighted by atomic mass is 32.1. The maximum Gasteiger partial charge on any atom is 0.245 e. The lowest BCUT2D eigenvalue weighted by Crippen LogP contribution is -2.60. The highest BCUT2D eigenvalue weighted by Gasteiger charge is 2.42. The number of carbonyl (C=O) groups excluding carboxylic acids is 3. The number of likely N-dealkylation sites (tertiary alicyclic amines) is 1. The van der Waals surface area contributed by atoms with E-state index in [2.05, 4.69) is 10.6 Å². The molecule has 1 heterocycles. The van der Waals surface area contributed by atoms with E-state index in [0.29, 0.717) is 18.0 Å². The second-order valence-electron chi connectivity index (χ2n) is 14.6. The van der Waals surface area contributed by atoms with E-state index >= 15 is 0 Å². The van der Waals surface area contributed by atoms with Crippen molar-refractivity contribution in [2.75, 3.05) is 34.4 Å². The largest absolute Gasteiger partial charge is 0.394 e. The highest BCUT2D eigenvalue weighted by molar-refractivity contribution is 7.80. The van der Waals surface area contributed by atoms with E-state index in [0.717, 1.165) is 24.8 Å². The van der Waals surface area contributed by atoms with Gasteiger partial charge in [-0.3, -0.25) is 14.4 Å². The molecule has 49 heavy (non-hydrogen) atoms. The zero-order valence-electron chi connectivity index (χ0n) is 31.4. The lowest BCUT2D eigenvalue weighted by Gasteiger charge is -2.41. The number of ether oxygens (including phenoxy) is 2. The van der Waals surface area contributed by atoms with Gasteiger partial charge in [0.1, 0.15) is 6.04 Å². The van der Waals surface area contributed by atoms with E-state index in [-0.39, 0.29) is 60.8 Å². The van der Waals surface area contributed by atoms with Gasteiger partial charge in [0.25, 0.3) is 0 Å². The number of likely N-dealkylation sites (N-methyl/N-ethyl adjacent to an activating group) is 1. The number of nitrogens with two attached hydrogens (primary N) is 1. The second-order valence-corrected chi connectivity index (χ2v) is 15.0. The molecule has 11 nitrogen and oxygen atoms in total. The molecule has 1 fully saturated rings. The fourth-order valence-electron chi connectivity index (χ4n) is 6.76. The Morgan fingerprint density at radius 2 is 1.73 bits per heavy atom. The molecule has 1 aromatic rings. The van der Waals surface area contributed by atoms with Crippen molar-refractivity contribution in [2.24, 2.45) is 23.5 Å². The van der Waals surface area contributed by atoms with Crippen LogP contribution in [0.1, 0.15) is 79.7 Å². The van der Waals surface area contributed by atoms with Gasteiger partial charge in [-0.15, -0.1) is 0 Å². The monoisotopic (exact) mass is 705 g/mol. The van der Waals surface area contributed by atoms with E-state index in [1.165, 1.54) is 0 Å². The van der Waals surface area contributed by atoms with Crippen molar-refractivity contribution >= 4 is 34.9 Å². The molecule has 1 saturated heterocycles. The number of aliphatic hydroxyl groups is 1. The number of amides is 3. The number of nitrogens with one attached hydrogen (secondary N) is 2. The van der Waals surface area contributed by atoms with Crippen molar-refractivity contribution in [1.82, 2.24) is 20.4 Å². The molecular weight excluding hydrogens is 643 g/mol. The van der Waals surface area contributed by atoms with Gasteiger partial charge in [0.2, 0.25) is 17.7 Å². The molecule has 0 spiro atoms. The summed E-state index contributed by atoms with van der Waals surface area (Å²) in [6, 6.07) is 8.28. The number of rotatable bonds is 19. The molecule has 0 bridgehead atoms. The molecule has 0 aliphatic carbocycles. The van der Waals surface area contributed by atoms with Crippen molar-refractivity contribution < 1.29 is 29.0 Å². The average Bonchev–Trinajstić information content (AvgIpc) is 3.55. The van der Waals surface area contributed by atoms with Gasteiger partial charge in [-0.05, 0) is 50.5 Å². The number of aliphatic hydroxyl groups excluding tert-OH is 1. The Morgan fingerprint density at radius 1 is 1.10 bits per heavy atom. The number of hydrogen-bond acceptors (Lipinski definition) is 8. The SMILES string of the molecule is CCC(C)C(C(CC(=O)N1CCCC1C(OC)C(C)C(=S)NC(CO)Cc1ccccc1)OC)N(C)C(=O)C(NC(=O)C(C)(C)N)C(C)C. The molecule has 1 aliphatic heterocycles. The van der Waals surface area contributed by atoms with Crippen LogP contribution in [-0.4, -0.2) is 114 Å². The summed E-state index contributed by atoms with van der Waals surface area (Å²) in [5.41, 5.74) is 5.98. The minimum Gasteiger partial charge on any atom is -0.394 e. The standard InChI is InChI=1S/C37H63N5O6S/c1-11-24(4)32(41(8)35(45)31(23(2)3)40-36(46)37(6,7)38)29(47-9)21-30(44)42-19-15-18-28(42)33(48-10)25(5)34(49)39-27(22-43)20-26-16-13-12-14-17-26/h12-14,16-17,23-25,27-29,31-33,43H,11,15,18-22,38H2,1-10H3,(H,39,49)(H,40,46). The molecule has 2 rings (SSSR count). The maximum atomic E-state index is 14.1. The number of thiocarbonyl (C=S) groups is 1. The van der Waals surface area contributed by atoms with E-state index < -0.39 is 29.6 Å². The van der Waals surface area contributed by atoms with Crippen molar-refractivity contribution in [2.45, 2.75) is 122 Å². The van der Waals surface area contributed by atoms with Crippen LogP contribution in [0.25, 0.3) is 0 Å². The first-order valence-electron chi connectivity index (χ1n) is 17.7. The summed E-state index contributed by atoms with van der Waals surface area (Å²) in [4.78, 5) is 44.9. The average molecular weight is 706 g/mol. The summed E-state index contributed by atoms with van der Waals surface area (Å²) < 4.78 is 12.0. The molecule has 0 saturated carbocycles. The number of benzene rings is 1. The summed E-state index contributed by atoms with van der Waals surface area (Å²) >= 11 is 5.82. The van der Waals surface area contributed by atoms with Crippen LogP contribution in [0.4, 0.5) is 0 Å². The first-order valence-corrected chi connectivity index (χ1v) is 18.1. The number of nitrogens with zero attached hydrogens (tertiary/aromatic N) is 2. The van der Waals surface area contributed by atoms with Gasteiger partial charge >= 0.3 is 0 Å². The van der Waals surface area contributed by atoms with Gasteiger partial charge in [0.15, 0.2) is 0 Å². The summed E-state index contributed by atoms with van der Waals surface area (Å²) in [7, 11) is 4.94.